The standard InChI is InChI=1S/C14H7ClFN5O/c15-8-1-2-12(21-7-9(6-17)19-20-21)11(5-8)10-3-4-18-14(22)13(10)16/h1-5,7H,(H,18,22). The Morgan fingerprint density at radius 3 is 2.86 bits per heavy atom. The van der Waals surface area contributed by atoms with Crippen LogP contribution in [0.2, 0.25) is 5.02 Å². The third-order valence-corrected chi connectivity index (χ3v) is 3.24. The van der Waals surface area contributed by atoms with Crippen molar-refractivity contribution in [3.8, 4) is 22.9 Å². The molecule has 0 unspecified atom stereocenters. The highest BCUT2D eigenvalue weighted by Crippen LogP contribution is 2.30. The van der Waals surface area contributed by atoms with Crippen molar-refractivity contribution >= 4 is 11.6 Å². The third-order valence-electron chi connectivity index (χ3n) is 3.00. The van der Waals surface area contributed by atoms with Gasteiger partial charge in [-0.3, -0.25) is 4.79 Å². The monoisotopic (exact) mass is 315 g/mol. The highest BCUT2D eigenvalue weighted by atomic mass is 35.5. The lowest BCUT2D eigenvalue weighted by Crippen LogP contribution is -2.11. The number of hydrogen-bond acceptors (Lipinski definition) is 4. The molecule has 0 atom stereocenters. The average molecular weight is 316 g/mol. The molecule has 0 aliphatic rings. The van der Waals surface area contributed by atoms with Crippen LogP contribution in [-0.4, -0.2) is 20.0 Å². The van der Waals surface area contributed by atoms with Crippen LogP contribution in [-0.2, 0) is 0 Å². The average Bonchev–Trinajstić information content (AvgIpc) is 2.99. The van der Waals surface area contributed by atoms with Gasteiger partial charge in [-0.1, -0.05) is 16.8 Å². The molecule has 1 N–H and O–H groups in total. The molecular formula is C14H7ClFN5O. The fraction of sp³-hybridized carbons (Fsp3) is 0. The summed E-state index contributed by atoms with van der Waals surface area (Å²) in [6.07, 6.45) is 2.74. The van der Waals surface area contributed by atoms with E-state index in [1.807, 2.05) is 6.07 Å². The van der Waals surface area contributed by atoms with Gasteiger partial charge in [0.15, 0.2) is 11.5 Å². The minimum atomic E-state index is -0.924. The van der Waals surface area contributed by atoms with E-state index in [2.05, 4.69) is 15.3 Å². The summed E-state index contributed by atoms with van der Waals surface area (Å²) in [7, 11) is 0. The molecule has 0 saturated carbocycles. The molecule has 8 heteroatoms. The number of aromatic nitrogens is 4. The van der Waals surface area contributed by atoms with Gasteiger partial charge >= 0.3 is 0 Å². The predicted octanol–water partition coefficient (Wildman–Crippen LogP) is 2.29. The first kappa shape index (κ1) is 14.0. The van der Waals surface area contributed by atoms with Crippen LogP contribution in [0.25, 0.3) is 16.8 Å². The molecule has 3 rings (SSSR count). The van der Waals surface area contributed by atoms with E-state index in [1.54, 1.807) is 12.1 Å². The molecule has 2 aromatic heterocycles. The molecule has 108 valence electrons. The van der Waals surface area contributed by atoms with E-state index in [-0.39, 0.29) is 11.3 Å². The number of pyridine rings is 1. The van der Waals surface area contributed by atoms with Crippen molar-refractivity contribution in [1.82, 2.24) is 20.0 Å². The number of aromatic amines is 1. The maximum Gasteiger partial charge on any atom is 0.284 e. The van der Waals surface area contributed by atoms with Gasteiger partial charge in [0.1, 0.15) is 6.07 Å². The van der Waals surface area contributed by atoms with Gasteiger partial charge < -0.3 is 4.98 Å². The molecule has 3 aromatic rings. The number of hydrogen-bond donors (Lipinski definition) is 1. The zero-order valence-corrected chi connectivity index (χ0v) is 11.7. The summed E-state index contributed by atoms with van der Waals surface area (Å²) in [5.41, 5.74) is 0.177. The van der Waals surface area contributed by atoms with Crippen LogP contribution in [0.3, 0.4) is 0 Å². The van der Waals surface area contributed by atoms with E-state index in [0.717, 1.165) is 0 Å². The topological polar surface area (TPSA) is 87.4 Å². The Balaban J connectivity index is 2.27. The number of nitriles is 1. The number of halogens is 2. The maximum absolute atomic E-state index is 14.1. The first-order valence-electron chi connectivity index (χ1n) is 6.10. The molecule has 22 heavy (non-hydrogen) atoms. The van der Waals surface area contributed by atoms with E-state index in [0.29, 0.717) is 16.3 Å². The lowest BCUT2D eigenvalue weighted by atomic mass is 10.0. The third kappa shape index (κ3) is 2.36. The first-order valence-corrected chi connectivity index (χ1v) is 6.48. The van der Waals surface area contributed by atoms with Crippen molar-refractivity contribution in [1.29, 1.82) is 5.26 Å². The van der Waals surface area contributed by atoms with Crippen LogP contribution in [0.15, 0.2) is 41.5 Å². The summed E-state index contributed by atoms with van der Waals surface area (Å²) < 4.78 is 15.4. The van der Waals surface area contributed by atoms with Crippen molar-refractivity contribution < 1.29 is 4.39 Å². The van der Waals surface area contributed by atoms with E-state index in [4.69, 9.17) is 16.9 Å². The smallest absolute Gasteiger partial charge is 0.284 e. The molecule has 0 saturated heterocycles. The number of nitrogens with one attached hydrogen (secondary N) is 1. The SMILES string of the molecule is N#Cc1cn(-c2ccc(Cl)cc2-c2cc[nH]c(=O)c2F)nn1. The molecule has 0 aliphatic heterocycles. The van der Waals surface area contributed by atoms with Crippen LogP contribution in [0.5, 0.6) is 0 Å². The molecule has 0 amide bonds. The number of H-pyrrole nitrogens is 1. The zero-order chi connectivity index (χ0) is 15.7. The van der Waals surface area contributed by atoms with Gasteiger partial charge in [0, 0.05) is 22.3 Å². The molecule has 0 aliphatic carbocycles. The predicted molar refractivity (Wildman–Crippen MR) is 77.1 cm³/mol. The van der Waals surface area contributed by atoms with Crippen LogP contribution in [0, 0.1) is 17.1 Å². The Morgan fingerprint density at radius 1 is 1.32 bits per heavy atom. The van der Waals surface area contributed by atoms with Crippen LogP contribution in [0.1, 0.15) is 5.69 Å². The molecule has 6 nitrogen and oxygen atoms in total. The Hall–Kier alpha value is -2.98. The largest absolute Gasteiger partial charge is 0.327 e. The van der Waals surface area contributed by atoms with Gasteiger partial charge in [0.05, 0.1) is 11.9 Å². The van der Waals surface area contributed by atoms with E-state index < -0.39 is 11.4 Å². The fourth-order valence-corrected chi connectivity index (χ4v) is 2.20. The second-order valence-electron chi connectivity index (χ2n) is 4.36. The Morgan fingerprint density at radius 2 is 2.14 bits per heavy atom. The van der Waals surface area contributed by atoms with Crippen molar-refractivity contribution in [2.24, 2.45) is 0 Å². The molecule has 0 fully saturated rings. The molecule has 2 heterocycles. The first-order chi connectivity index (χ1) is 10.6. The molecule has 1 aromatic carbocycles. The van der Waals surface area contributed by atoms with Gasteiger partial charge in [-0.25, -0.2) is 9.07 Å². The quantitative estimate of drug-likeness (QED) is 0.786. The molecule has 0 bridgehead atoms. The lowest BCUT2D eigenvalue weighted by molar-refractivity contribution is 0.612. The normalized spacial score (nSPS) is 10.4. The maximum atomic E-state index is 14.1. The second-order valence-corrected chi connectivity index (χ2v) is 4.79. The summed E-state index contributed by atoms with van der Waals surface area (Å²) in [6.45, 7) is 0. The number of benzene rings is 1. The van der Waals surface area contributed by atoms with Gasteiger partial charge in [0.2, 0.25) is 0 Å². The molecule has 0 spiro atoms. The van der Waals surface area contributed by atoms with Gasteiger partial charge in [-0.15, -0.1) is 5.10 Å². The zero-order valence-electron chi connectivity index (χ0n) is 10.9. The summed E-state index contributed by atoms with van der Waals surface area (Å²) in [6, 6.07) is 8.00. The molecular weight excluding hydrogens is 309 g/mol. The highest BCUT2D eigenvalue weighted by Gasteiger charge is 2.15. The van der Waals surface area contributed by atoms with E-state index in [9.17, 15) is 9.18 Å². The van der Waals surface area contributed by atoms with Crippen molar-refractivity contribution in [3.05, 3.63) is 63.5 Å². The van der Waals surface area contributed by atoms with Crippen molar-refractivity contribution in [3.63, 3.8) is 0 Å². The Kier molecular flexibility index (Phi) is 3.45. The van der Waals surface area contributed by atoms with Gasteiger partial charge in [0.25, 0.3) is 5.56 Å². The number of rotatable bonds is 2. The Labute approximate surface area is 128 Å². The fourth-order valence-electron chi connectivity index (χ4n) is 2.02. The minimum Gasteiger partial charge on any atom is -0.327 e. The Bertz CT molecular complexity index is 956. The lowest BCUT2D eigenvalue weighted by Gasteiger charge is -2.10. The van der Waals surface area contributed by atoms with E-state index in [1.165, 1.54) is 29.2 Å². The van der Waals surface area contributed by atoms with Crippen molar-refractivity contribution in [2.45, 2.75) is 0 Å². The van der Waals surface area contributed by atoms with Crippen LogP contribution >= 0.6 is 11.6 Å². The summed E-state index contributed by atoms with van der Waals surface area (Å²) in [5.74, 6) is -0.924. The van der Waals surface area contributed by atoms with Crippen LogP contribution < -0.4 is 5.56 Å². The highest BCUT2D eigenvalue weighted by molar-refractivity contribution is 6.31. The minimum absolute atomic E-state index is 0.0789. The van der Waals surface area contributed by atoms with E-state index >= 15 is 0 Å². The van der Waals surface area contributed by atoms with Gasteiger partial charge in [-0.2, -0.15) is 5.26 Å². The summed E-state index contributed by atoms with van der Waals surface area (Å²) in [4.78, 5) is 13.7. The molecule has 0 radical (unpaired) electrons. The summed E-state index contributed by atoms with van der Waals surface area (Å²) in [5, 5.41) is 16.7. The second kappa shape index (κ2) is 5.42. The summed E-state index contributed by atoms with van der Waals surface area (Å²) >= 11 is 5.97. The van der Waals surface area contributed by atoms with Crippen molar-refractivity contribution in [2.75, 3.05) is 0 Å². The van der Waals surface area contributed by atoms with Crippen LogP contribution in [0.4, 0.5) is 4.39 Å². The van der Waals surface area contributed by atoms with Gasteiger partial charge in [-0.05, 0) is 24.3 Å². The number of nitrogens with zero attached hydrogens (tertiary/aromatic N) is 4.